The monoisotopic (exact) mass is 344 g/mol. The van der Waals surface area contributed by atoms with E-state index >= 15 is 0 Å². The van der Waals surface area contributed by atoms with E-state index < -0.39 is 30.0 Å². The molecule has 0 saturated carbocycles. The van der Waals surface area contributed by atoms with Crippen LogP contribution in [-0.4, -0.2) is 34.9 Å². The number of anilines is 1. The third-order valence-electron chi connectivity index (χ3n) is 4.49. The summed E-state index contributed by atoms with van der Waals surface area (Å²) in [6.45, 7) is 0.816. The molecule has 1 aliphatic heterocycles. The summed E-state index contributed by atoms with van der Waals surface area (Å²) in [5.41, 5.74) is 0.00895. The lowest BCUT2D eigenvalue weighted by Crippen LogP contribution is -2.36. The van der Waals surface area contributed by atoms with E-state index in [1.54, 1.807) is 0 Å². The van der Waals surface area contributed by atoms with Gasteiger partial charge in [-0.05, 0) is 31.0 Å². The second kappa shape index (κ2) is 6.58. The van der Waals surface area contributed by atoms with Gasteiger partial charge in [0, 0.05) is 12.6 Å². The minimum absolute atomic E-state index is 0.220. The van der Waals surface area contributed by atoms with Gasteiger partial charge in [0.25, 0.3) is 0 Å². The topological polar surface area (TPSA) is 83.6 Å². The lowest BCUT2D eigenvalue weighted by Gasteiger charge is -2.14. The SMILES string of the molecule is CC(=O)Nc1ccc(C(=O)CN2C(=O)[C@@H]3CC=CC[C@H]3C2=O)c(F)c1. The van der Waals surface area contributed by atoms with E-state index in [1.165, 1.54) is 19.1 Å². The summed E-state index contributed by atoms with van der Waals surface area (Å²) in [4.78, 5) is 49.0. The number of nitrogens with zero attached hydrogens (tertiary/aromatic N) is 1. The first-order chi connectivity index (χ1) is 11.9. The second-order valence-electron chi connectivity index (χ2n) is 6.22. The molecule has 25 heavy (non-hydrogen) atoms. The number of imide groups is 1. The maximum absolute atomic E-state index is 14.1. The van der Waals surface area contributed by atoms with Gasteiger partial charge in [0.05, 0.1) is 23.9 Å². The molecule has 1 aromatic carbocycles. The summed E-state index contributed by atoms with van der Waals surface area (Å²) in [6, 6.07) is 3.67. The highest BCUT2D eigenvalue weighted by atomic mass is 19.1. The number of allylic oxidation sites excluding steroid dienone is 2. The molecule has 0 aromatic heterocycles. The number of hydrogen-bond acceptors (Lipinski definition) is 4. The van der Waals surface area contributed by atoms with Crippen LogP contribution in [0.5, 0.6) is 0 Å². The van der Waals surface area contributed by atoms with Gasteiger partial charge in [-0.1, -0.05) is 12.2 Å². The van der Waals surface area contributed by atoms with Gasteiger partial charge in [0.1, 0.15) is 5.82 Å². The normalized spacial score (nSPS) is 22.1. The van der Waals surface area contributed by atoms with Crippen LogP contribution in [-0.2, 0) is 14.4 Å². The molecule has 2 aliphatic rings. The number of Topliss-reactive ketones (excluding diaryl/α,β-unsaturated/α-hetero) is 1. The lowest BCUT2D eigenvalue weighted by molar-refractivity contribution is -0.139. The Morgan fingerprint density at radius 1 is 1.16 bits per heavy atom. The second-order valence-corrected chi connectivity index (χ2v) is 6.22. The molecule has 3 amide bonds. The van der Waals surface area contributed by atoms with Crippen LogP contribution in [0.15, 0.2) is 30.4 Å². The van der Waals surface area contributed by atoms with Crippen molar-refractivity contribution in [3.8, 4) is 0 Å². The predicted molar refractivity (Wildman–Crippen MR) is 87.1 cm³/mol. The molecule has 1 heterocycles. The van der Waals surface area contributed by atoms with Crippen LogP contribution in [0.2, 0.25) is 0 Å². The van der Waals surface area contributed by atoms with Crippen molar-refractivity contribution in [2.75, 3.05) is 11.9 Å². The van der Waals surface area contributed by atoms with Crippen LogP contribution < -0.4 is 5.32 Å². The third kappa shape index (κ3) is 3.22. The van der Waals surface area contributed by atoms with Crippen molar-refractivity contribution in [1.29, 1.82) is 0 Å². The molecule has 0 spiro atoms. The van der Waals surface area contributed by atoms with Gasteiger partial charge in [-0.15, -0.1) is 0 Å². The van der Waals surface area contributed by atoms with Crippen LogP contribution in [0.25, 0.3) is 0 Å². The fourth-order valence-electron chi connectivity index (χ4n) is 3.28. The molecule has 0 unspecified atom stereocenters. The van der Waals surface area contributed by atoms with Gasteiger partial charge in [-0.3, -0.25) is 24.1 Å². The Hall–Kier alpha value is -2.83. The van der Waals surface area contributed by atoms with Crippen LogP contribution >= 0.6 is 0 Å². The number of halogens is 1. The number of carbonyl (C=O) groups is 4. The molecule has 130 valence electrons. The van der Waals surface area contributed by atoms with Crippen LogP contribution in [0.1, 0.15) is 30.1 Å². The summed E-state index contributed by atoms with van der Waals surface area (Å²) in [6.07, 6.45) is 4.69. The molecule has 0 radical (unpaired) electrons. The number of hydrogen-bond donors (Lipinski definition) is 1. The van der Waals surface area contributed by atoms with E-state index in [-0.39, 0.29) is 29.0 Å². The maximum atomic E-state index is 14.1. The average Bonchev–Trinajstić information content (AvgIpc) is 2.80. The summed E-state index contributed by atoms with van der Waals surface area (Å²) in [7, 11) is 0. The van der Waals surface area contributed by atoms with E-state index in [9.17, 15) is 23.6 Å². The molecule has 1 fully saturated rings. The molecule has 3 rings (SSSR count). The number of fused-ring (bicyclic) bond motifs is 1. The highest BCUT2D eigenvalue weighted by Crippen LogP contribution is 2.35. The molecular formula is C18H17FN2O4. The van der Waals surface area contributed by atoms with Crippen molar-refractivity contribution in [3.05, 3.63) is 41.7 Å². The molecule has 1 N–H and O–H groups in total. The Morgan fingerprint density at radius 2 is 1.76 bits per heavy atom. The van der Waals surface area contributed by atoms with Crippen molar-refractivity contribution in [2.24, 2.45) is 11.8 Å². The first-order valence-electron chi connectivity index (χ1n) is 7.99. The standard InChI is InChI=1S/C18H17FN2O4/c1-10(22)20-11-6-7-14(15(19)8-11)16(23)9-21-17(24)12-4-2-3-5-13(12)18(21)25/h2-3,6-8,12-13H,4-5,9H2,1H3,(H,20,22)/t12-,13-/m1/s1. The van der Waals surface area contributed by atoms with Crippen LogP contribution in [0, 0.1) is 17.7 Å². The van der Waals surface area contributed by atoms with E-state index in [1.807, 2.05) is 12.2 Å². The Kier molecular flexibility index (Phi) is 4.48. The highest BCUT2D eigenvalue weighted by molar-refractivity contribution is 6.10. The van der Waals surface area contributed by atoms with E-state index in [0.29, 0.717) is 12.8 Å². The lowest BCUT2D eigenvalue weighted by atomic mass is 9.85. The molecular weight excluding hydrogens is 327 g/mol. The number of ketones is 1. The van der Waals surface area contributed by atoms with Gasteiger partial charge in [0.15, 0.2) is 5.78 Å². The fourth-order valence-corrected chi connectivity index (χ4v) is 3.28. The van der Waals surface area contributed by atoms with E-state index in [2.05, 4.69) is 5.32 Å². The Labute approximate surface area is 143 Å². The first-order valence-corrected chi connectivity index (χ1v) is 7.99. The fraction of sp³-hybridized carbons (Fsp3) is 0.333. The third-order valence-corrected chi connectivity index (χ3v) is 4.49. The van der Waals surface area contributed by atoms with Crippen LogP contribution in [0.3, 0.4) is 0 Å². The minimum atomic E-state index is -0.811. The predicted octanol–water partition coefficient (Wildman–Crippen LogP) is 1.92. The molecule has 1 saturated heterocycles. The van der Waals surface area contributed by atoms with Crippen molar-refractivity contribution < 1.29 is 23.6 Å². The molecule has 6 nitrogen and oxygen atoms in total. The maximum Gasteiger partial charge on any atom is 0.233 e. The van der Waals surface area contributed by atoms with Crippen molar-refractivity contribution in [3.63, 3.8) is 0 Å². The first kappa shape index (κ1) is 17.0. The minimum Gasteiger partial charge on any atom is -0.326 e. The molecule has 1 aliphatic carbocycles. The van der Waals surface area contributed by atoms with Crippen molar-refractivity contribution in [2.45, 2.75) is 19.8 Å². The molecule has 1 aromatic rings. The zero-order chi connectivity index (χ0) is 18.1. The zero-order valence-electron chi connectivity index (χ0n) is 13.6. The zero-order valence-corrected chi connectivity index (χ0v) is 13.6. The van der Waals surface area contributed by atoms with Gasteiger partial charge in [-0.2, -0.15) is 0 Å². The number of likely N-dealkylation sites (tertiary alicyclic amines) is 1. The highest BCUT2D eigenvalue weighted by Gasteiger charge is 2.47. The number of amides is 3. The van der Waals surface area contributed by atoms with Gasteiger partial charge in [0.2, 0.25) is 17.7 Å². The molecule has 0 bridgehead atoms. The van der Waals surface area contributed by atoms with E-state index in [4.69, 9.17) is 0 Å². The Morgan fingerprint density at radius 3 is 2.28 bits per heavy atom. The average molecular weight is 344 g/mol. The van der Waals surface area contributed by atoms with Crippen molar-refractivity contribution >= 4 is 29.2 Å². The largest absolute Gasteiger partial charge is 0.326 e. The number of nitrogens with one attached hydrogen (secondary N) is 1. The van der Waals surface area contributed by atoms with Gasteiger partial charge in [-0.25, -0.2) is 4.39 Å². The quantitative estimate of drug-likeness (QED) is 0.514. The molecule has 2 atom stereocenters. The molecule has 7 heteroatoms. The number of benzene rings is 1. The van der Waals surface area contributed by atoms with Gasteiger partial charge < -0.3 is 5.32 Å². The number of rotatable bonds is 4. The van der Waals surface area contributed by atoms with Gasteiger partial charge >= 0.3 is 0 Å². The Balaban J connectivity index is 1.75. The Bertz CT molecular complexity index is 776. The van der Waals surface area contributed by atoms with Crippen LogP contribution in [0.4, 0.5) is 10.1 Å². The summed E-state index contributed by atoms with van der Waals surface area (Å²) >= 11 is 0. The summed E-state index contributed by atoms with van der Waals surface area (Å²) in [5, 5.41) is 2.42. The summed E-state index contributed by atoms with van der Waals surface area (Å²) in [5.74, 6) is -3.40. The van der Waals surface area contributed by atoms with Crippen molar-refractivity contribution in [1.82, 2.24) is 4.90 Å². The number of carbonyl (C=O) groups excluding carboxylic acids is 4. The summed E-state index contributed by atoms with van der Waals surface area (Å²) < 4.78 is 14.1. The smallest absolute Gasteiger partial charge is 0.233 e. The van der Waals surface area contributed by atoms with E-state index in [0.717, 1.165) is 11.0 Å².